The molecule has 0 radical (unpaired) electrons. The lowest BCUT2D eigenvalue weighted by Gasteiger charge is -2.32. The van der Waals surface area contributed by atoms with Crippen molar-refractivity contribution in [1.29, 1.82) is 0 Å². The van der Waals surface area contributed by atoms with Crippen LogP contribution >= 0.6 is 0 Å². The summed E-state index contributed by atoms with van der Waals surface area (Å²) in [6.45, 7) is 5.44. The number of aryl methyl sites for hydroxylation is 1. The Kier molecular flexibility index (Phi) is 6.73. The number of hydrogen-bond donors (Lipinski definition) is 0. The molecule has 172 valence electrons. The quantitative estimate of drug-likeness (QED) is 0.433. The number of benzene rings is 1. The predicted octanol–water partition coefficient (Wildman–Crippen LogP) is 2.30. The topological polar surface area (TPSA) is 99.2 Å². The molecule has 0 amide bonds. The Morgan fingerprint density at radius 3 is 2.31 bits per heavy atom. The number of methoxy groups -OCH3 is 2. The Hall–Kier alpha value is -2.75. The number of rotatable bonds is 8. The zero-order valence-corrected chi connectivity index (χ0v) is 19.6. The van der Waals surface area contributed by atoms with E-state index in [1.165, 1.54) is 30.7 Å². The third kappa shape index (κ3) is 4.28. The van der Waals surface area contributed by atoms with Crippen LogP contribution < -0.4 is 0 Å². The maximum atomic E-state index is 13.5. The van der Waals surface area contributed by atoms with Crippen LogP contribution in [0.2, 0.25) is 0 Å². The third-order valence-corrected chi connectivity index (χ3v) is 7.25. The van der Waals surface area contributed by atoms with Crippen molar-refractivity contribution in [3.05, 3.63) is 64.8 Å². The number of carbonyl (C=O) groups excluding carboxylic acids is 2. The number of allylic oxidation sites excluding steroid dienone is 1. The Morgan fingerprint density at radius 1 is 1.12 bits per heavy atom. The van der Waals surface area contributed by atoms with E-state index in [1.54, 1.807) is 30.4 Å². The molecule has 2 unspecified atom stereocenters. The van der Waals surface area contributed by atoms with Crippen LogP contribution in [0.3, 0.4) is 0 Å². The maximum absolute atomic E-state index is 13.5. The summed E-state index contributed by atoms with van der Waals surface area (Å²) in [6.07, 6.45) is 4.19. The zero-order chi connectivity index (χ0) is 23.7. The number of esters is 2. The van der Waals surface area contributed by atoms with E-state index < -0.39 is 33.7 Å². The van der Waals surface area contributed by atoms with Gasteiger partial charge in [-0.15, -0.1) is 0 Å². The van der Waals surface area contributed by atoms with Crippen molar-refractivity contribution in [3.63, 3.8) is 0 Å². The first-order chi connectivity index (χ1) is 15.1. The average Bonchev–Trinajstić information content (AvgIpc) is 3.32. The summed E-state index contributed by atoms with van der Waals surface area (Å²) in [7, 11) is -1.55. The SMILES string of the molecule is COC(=O)C1=C(C(=O)OC)C2(CN(CC=C(C)C)S(=O)(=O)c3ccc(C)cc3)C=CC1O2. The minimum atomic E-state index is -3.95. The van der Waals surface area contributed by atoms with Crippen molar-refractivity contribution in [2.24, 2.45) is 0 Å². The molecule has 0 aromatic heterocycles. The van der Waals surface area contributed by atoms with E-state index in [2.05, 4.69) is 0 Å². The van der Waals surface area contributed by atoms with Gasteiger partial charge in [0.25, 0.3) is 0 Å². The Bertz CT molecular complexity index is 1110. The van der Waals surface area contributed by atoms with Gasteiger partial charge in [-0.1, -0.05) is 35.4 Å². The molecule has 3 rings (SSSR count). The van der Waals surface area contributed by atoms with Crippen molar-refractivity contribution < 1.29 is 32.2 Å². The fraction of sp³-hybridized carbons (Fsp3) is 0.391. The molecule has 0 spiro atoms. The van der Waals surface area contributed by atoms with Crippen LogP contribution in [0.4, 0.5) is 0 Å². The molecule has 2 aliphatic heterocycles. The summed E-state index contributed by atoms with van der Waals surface area (Å²) in [5.41, 5.74) is 0.377. The van der Waals surface area contributed by atoms with Crippen LogP contribution in [0.25, 0.3) is 0 Å². The summed E-state index contributed by atoms with van der Waals surface area (Å²) >= 11 is 0. The van der Waals surface area contributed by atoms with Gasteiger partial charge in [0, 0.05) is 6.54 Å². The van der Waals surface area contributed by atoms with Gasteiger partial charge in [-0.05, 0) is 39.0 Å². The third-order valence-electron chi connectivity index (χ3n) is 5.42. The Balaban J connectivity index is 2.09. The van der Waals surface area contributed by atoms with Gasteiger partial charge in [0.15, 0.2) is 0 Å². The van der Waals surface area contributed by atoms with Crippen LogP contribution in [0.15, 0.2) is 64.1 Å². The predicted molar refractivity (Wildman–Crippen MR) is 117 cm³/mol. The van der Waals surface area contributed by atoms with Gasteiger partial charge < -0.3 is 14.2 Å². The van der Waals surface area contributed by atoms with Crippen molar-refractivity contribution >= 4 is 22.0 Å². The van der Waals surface area contributed by atoms with Crippen LogP contribution in [-0.2, 0) is 33.8 Å². The van der Waals surface area contributed by atoms with E-state index in [-0.39, 0.29) is 29.1 Å². The minimum absolute atomic E-state index is 0.0248. The maximum Gasteiger partial charge on any atom is 0.337 e. The second-order valence-electron chi connectivity index (χ2n) is 7.95. The fourth-order valence-electron chi connectivity index (χ4n) is 3.75. The van der Waals surface area contributed by atoms with Crippen LogP contribution in [-0.4, -0.2) is 63.7 Å². The molecule has 32 heavy (non-hydrogen) atoms. The van der Waals surface area contributed by atoms with E-state index in [0.717, 1.165) is 11.1 Å². The van der Waals surface area contributed by atoms with Gasteiger partial charge in [-0.3, -0.25) is 0 Å². The molecule has 0 saturated heterocycles. The second kappa shape index (κ2) is 9.01. The number of hydrogen-bond acceptors (Lipinski definition) is 7. The molecule has 2 aliphatic rings. The highest BCUT2D eigenvalue weighted by Gasteiger charge is 2.56. The van der Waals surface area contributed by atoms with E-state index >= 15 is 0 Å². The molecule has 2 heterocycles. The first-order valence-electron chi connectivity index (χ1n) is 10.0. The smallest absolute Gasteiger partial charge is 0.337 e. The highest BCUT2D eigenvalue weighted by Crippen LogP contribution is 2.45. The van der Waals surface area contributed by atoms with Crippen molar-refractivity contribution in [3.8, 4) is 0 Å². The molecule has 0 fully saturated rings. The van der Waals surface area contributed by atoms with Gasteiger partial charge in [-0.2, -0.15) is 4.31 Å². The zero-order valence-electron chi connectivity index (χ0n) is 18.7. The van der Waals surface area contributed by atoms with Crippen LogP contribution in [0, 0.1) is 6.92 Å². The fourth-order valence-corrected chi connectivity index (χ4v) is 5.16. The Labute approximate surface area is 188 Å². The van der Waals surface area contributed by atoms with E-state index in [9.17, 15) is 18.0 Å². The lowest BCUT2D eigenvalue weighted by atomic mass is 9.86. The summed E-state index contributed by atoms with van der Waals surface area (Å²) < 4.78 is 44.0. The lowest BCUT2D eigenvalue weighted by Crippen LogP contribution is -2.47. The van der Waals surface area contributed by atoms with Crippen LogP contribution in [0.1, 0.15) is 19.4 Å². The van der Waals surface area contributed by atoms with Gasteiger partial charge >= 0.3 is 11.9 Å². The minimum Gasteiger partial charge on any atom is -0.466 e. The monoisotopic (exact) mass is 461 g/mol. The first kappa shape index (κ1) is 23.9. The normalized spacial score (nSPS) is 21.8. The summed E-state index contributed by atoms with van der Waals surface area (Å²) in [5, 5.41) is 0. The van der Waals surface area contributed by atoms with Crippen LogP contribution in [0.5, 0.6) is 0 Å². The molecule has 0 N–H and O–H groups in total. The molecule has 2 atom stereocenters. The lowest BCUT2D eigenvalue weighted by molar-refractivity contribution is -0.139. The highest BCUT2D eigenvalue weighted by atomic mass is 32.2. The summed E-state index contributed by atoms with van der Waals surface area (Å²) in [5.74, 6) is -1.49. The standard InChI is InChI=1S/C23H27NO7S/c1-15(2)11-13-24(32(27,28)17-8-6-16(3)7-9-17)14-23-12-10-18(31-23)19(21(25)29-4)20(23)22(26)30-5/h6-12,18H,13-14H2,1-5H3. The number of ether oxygens (including phenoxy) is 3. The van der Waals surface area contributed by atoms with Gasteiger partial charge in [0.1, 0.15) is 11.7 Å². The van der Waals surface area contributed by atoms with Gasteiger partial charge in [0.05, 0.1) is 36.8 Å². The number of carbonyl (C=O) groups is 2. The van der Waals surface area contributed by atoms with E-state index in [4.69, 9.17) is 14.2 Å². The van der Waals surface area contributed by atoms with Crippen molar-refractivity contribution in [1.82, 2.24) is 4.31 Å². The molecule has 0 aliphatic carbocycles. The molecule has 1 aromatic carbocycles. The van der Waals surface area contributed by atoms with Crippen molar-refractivity contribution in [2.75, 3.05) is 27.3 Å². The number of fused-ring (bicyclic) bond motifs is 2. The molecule has 9 heteroatoms. The molecule has 2 bridgehead atoms. The molecule has 0 saturated carbocycles. The van der Waals surface area contributed by atoms with E-state index in [1.807, 2.05) is 20.8 Å². The number of nitrogens with zero attached hydrogens (tertiary/aromatic N) is 1. The molecule has 8 nitrogen and oxygen atoms in total. The summed E-state index contributed by atoms with van der Waals surface area (Å²) in [4.78, 5) is 25.2. The first-order valence-corrected chi connectivity index (χ1v) is 11.5. The van der Waals surface area contributed by atoms with E-state index in [0.29, 0.717) is 0 Å². The summed E-state index contributed by atoms with van der Waals surface area (Å²) in [6, 6.07) is 6.52. The average molecular weight is 462 g/mol. The molecular weight excluding hydrogens is 434 g/mol. The highest BCUT2D eigenvalue weighted by molar-refractivity contribution is 7.89. The van der Waals surface area contributed by atoms with Gasteiger partial charge in [-0.25, -0.2) is 18.0 Å². The Morgan fingerprint density at radius 2 is 1.75 bits per heavy atom. The largest absolute Gasteiger partial charge is 0.466 e. The molecular formula is C23H27NO7S. The van der Waals surface area contributed by atoms with Gasteiger partial charge in [0.2, 0.25) is 10.0 Å². The number of sulfonamides is 1. The molecule has 1 aromatic rings. The second-order valence-corrected chi connectivity index (χ2v) is 9.89. The van der Waals surface area contributed by atoms with Crippen molar-refractivity contribution in [2.45, 2.75) is 37.4 Å².